The third-order valence-electron chi connectivity index (χ3n) is 6.96. The zero-order valence-corrected chi connectivity index (χ0v) is 18.2. The Bertz CT molecular complexity index is 746. The predicted molar refractivity (Wildman–Crippen MR) is 115 cm³/mol. The molecular formula is C25H35ClN2. The molecule has 1 atom stereocenters. The molecule has 1 aliphatic heterocycles. The molecule has 1 saturated heterocycles. The topological polar surface area (TPSA) is 12.0 Å². The van der Waals surface area contributed by atoms with E-state index in [1.165, 1.54) is 67.2 Å². The molecule has 1 N–H and O–H groups in total. The lowest BCUT2D eigenvalue weighted by atomic mass is 9.95. The summed E-state index contributed by atoms with van der Waals surface area (Å²) in [5.41, 5.74) is 5.97. The number of anilines is 1. The van der Waals surface area contributed by atoms with Crippen LogP contribution in [0.1, 0.15) is 42.4 Å². The van der Waals surface area contributed by atoms with Crippen molar-refractivity contribution in [3.8, 4) is 0 Å². The van der Waals surface area contributed by atoms with E-state index in [2.05, 4.69) is 67.9 Å². The molecule has 2 aromatic rings. The number of benzene rings is 2. The Balaban J connectivity index is 0.00000225. The molecule has 2 aromatic carbocycles. The number of fused-ring (bicyclic) bond motifs is 1. The number of likely N-dealkylation sites (tertiary alicyclic amines) is 1. The smallest absolute Gasteiger partial charge is 0.0903 e. The van der Waals surface area contributed by atoms with Crippen LogP contribution in [0.5, 0.6) is 0 Å². The minimum absolute atomic E-state index is 0. The van der Waals surface area contributed by atoms with Crippen molar-refractivity contribution in [2.75, 3.05) is 32.5 Å². The molecule has 0 bridgehead atoms. The molecule has 0 saturated carbocycles. The summed E-state index contributed by atoms with van der Waals surface area (Å²) < 4.78 is 1.20. The second-order valence-corrected chi connectivity index (χ2v) is 9.27. The Morgan fingerprint density at radius 1 is 0.929 bits per heavy atom. The molecule has 2 nitrogen and oxygen atoms in total. The van der Waals surface area contributed by atoms with Gasteiger partial charge in [-0.15, -0.1) is 0 Å². The Morgan fingerprint density at radius 2 is 1.61 bits per heavy atom. The summed E-state index contributed by atoms with van der Waals surface area (Å²) in [6.45, 7) is 2.43. The van der Waals surface area contributed by atoms with Crippen LogP contribution in [0.25, 0.3) is 0 Å². The van der Waals surface area contributed by atoms with Gasteiger partial charge in [-0.3, -0.25) is 0 Å². The first kappa shape index (κ1) is 21.2. The third-order valence-corrected chi connectivity index (χ3v) is 6.96. The van der Waals surface area contributed by atoms with Crippen molar-refractivity contribution in [2.24, 2.45) is 5.92 Å². The highest BCUT2D eigenvalue weighted by atomic mass is 35.5. The van der Waals surface area contributed by atoms with Crippen LogP contribution >= 0.6 is 0 Å². The molecule has 1 aliphatic carbocycles. The summed E-state index contributed by atoms with van der Waals surface area (Å²) in [6, 6.07) is 18.8. The van der Waals surface area contributed by atoms with Crippen molar-refractivity contribution < 1.29 is 16.9 Å². The van der Waals surface area contributed by atoms with E-state index in [4.69, 9.17) is 0 Å². The number of hydrogen-bond donors (Lipinski definition) is 1. The van der Waals surface area contributed by atoms with E-state index >= 15 is 0 Å². The molecule has 0 radical (unpaired) electrons. The Morgan fingerprint density at radius 3 is 2.32 bits per heavy atom. The van der Waals surface area contributed by atoms with Gasteiger partial charge in [-0.2, -0.15) is 0 Å². The highest BCUT2D eigenvalue weighted by molar-refractivity contribution is 5.51. The summed E-state index contributed by atoms with van der Waals surface area (Å²) in [7, 11) is 4.82. The van der Waals surface area contributed by atoms with Gasteiger partial charge in [0.05, 0.1) is 26.7 Å². The number of nitrogens with one attached hydrogen (secondary N) is 1. The zero-order chi connectivity index (χ0) is 18.7. The molecule has 28 heavy (non-hydrogen) atoms. The highest BCUT2D eigenvalue weighted by Gasteiger charge is 2.30. The number of quaternary nitrogens is 1. The first-order valence-corrected chi connectivity index (χ1v) is 10.8. The van der Waals surface area contributed by atoms with E-state index in [1.807, 2.05) is 0 Å². The van der Waals surface area contributed by atoms with Crippen LogP contribution in [0.15, 0.2) is 48.5 Å². The van der Waals surface area contributed by atoms with Crippen LogP contribution in [-0.4, -0.2) is 37.7 Å². The first-order valence-electron chi connectivity index (χ1n) is 10.8. The summed E-state index contributed by atoms with van der Waals surface area (Å²) in [5.74, 6) is 0.749. The molecule has 1 heterocycles. The number of halogens is 1. The second-order valence-electron chi connectivity index (χ2n) is 9.27. The maximum Gasteiger partial charge on any atom is 0.0903 e. The van der Waals surface area contributed by atoms with E-state index in [0.29, 0.717) is 0 Å². The molecule has 0 aromatic heterocycles. The van der Waals surface area contributed by atoms with Crippen molar-refractivity contribution in [3.05, 3.63) is 65.2 Å². The number of rotatable bonds is 6. The third kappa shape index (κ3) is 4.90. The Hall–Kier alpha value is -1.51. The van der Waals surface area contributed by atoms with Gasteiger partial charge in [-0.1, -0.05) is 42.5 Å². The van der Waals surface area contributed by atoms with Gasteiger partial charge in [0.15, 0.2) is 0 Å². The Kier molecular flexibility index (Phi) is 7.06. The van der Waals surface area contributed by atoms with Gasteiger partial charge >= 0.3 is 0 Å². The minimum atomic E-state index is 0. The maximum atomic E-state index is 3.78. The van der Waals surface area contributed by atoms with Crippen LogP contribution in [0.2, 0.25) is 0 Å². The fourth-order valence-corrected chi connectivity index (χ4v) is 5.27. The molecule has 2 aliphatic rings. The van der Waals surface area contributed by atoms with Gasteiger partial charge in [0.25, 0.3) is 0 Å². The lowest BCUT2D eigenvalue weighted by Gasteiger charge is -2.41. The lowest BCUT2D eigenvalue weighted by Crippen LogP contribution is -3.00. The number of nitrogens with zero attached hydrogens (tertiary/aromatic N) is 1. The average Bonchev–Trinajstić information content (AvgIpc) is 3.06. The molecule has 0 unspecified atom stereocenters. The molecule has 4 rings (SSSR count). The van der Waals surface area contributed by atoms with Crippen molar-refractivity contribution in [3.63, 3.8) is 0 Å². The Labute approximate surface area is 177 Å². The number of para-hydroxylation sites is 1. The monoisotopic (exact) mass is 398 g/mol. The quantitative estimate of drug-likeness (QED) is 0.734. The van der Waals surface area contributed by atoms with Crippen LogP contribution in [0.3, 0.4) is 0 Å². The lowest BCUT2D eigenvalue weighted by molar-refractivity contribution is -0.920. The van der Waals surface area contributed by atoms with Gasteiger partial charge in [-0.05, 0) is 67.2 Å². The van der Waals surface area contributed by atoms with Crippen LogP contribution in [-0.2, 0) is 19.3 Å². The average molecular weight is 399 g/mol. The van der Waals surface area contributed by atoms with Crippen molar-refractivity contribution in [2.45, 2.75) is 51.0 Å². The number of hydrogen-bond acceptors (Lipinski definition) is 1. The van der Waals surface area contributed by atoms with Gasteiger partial charge in [0.1, 0.15) is 0 Å². The van der Waals surface area contributed by atoms with E-state index < -0.39 is 0 Å². The standard InChI is InChI=1S/C25H35N2.ClH/c1-27(2)16-8-7-12-24(27)14-15-26-25-13-6-5-11-23(25)19-20-17-21-9-3-4-10-22(21)18-20;/h3-6,9-11,13,20,24,26H,7-8,12,14-19H2,1-2H3;1H/q+1;/p-1/t24-;/m0./s1. The number of piperidine rings is 1. The molecular weight excluding hydrogens is 364 g/mol. The molecule has 0 spiro atoms. The zero-order valence-electron chi connectivity index (χ0n) is 17.5. The molecule has 3 heteroatoms. The summed E-state index contributed by atoms with van der Waals surface area (Å²) in [6.07, 6.45) is 9.11. The fraction of sp³-hybridized carbons (Fsp3) is 0.520. The van der Waals surface area contributed by atoms with E-state index in [0.717, 1.165) is 18.5 Å². The highest BCUT2D eigenvalue weighted by Crippen LogP contribution is 2.31. The molecule has 1 fully saturated rings. The van der Waals surface area contributed by atoms with Crippen molar-refractivity contribution in [1.82, 2.24) is 0 Å². The first-order chi connectivity index (χ1) is 13.1. The van der Waals surface area contributed by atoms with E-state index in [1.54, 1.807) is 11.1 Å². The largest absolute Gasteiger partial charge is 1.00 e. The van der Waals surface area contributed by atoms with Gasteiger partial charge in [0.2, 0.25) is 0 Å². The van der Waals surface area contributed by atoms with Crippen LogP contribution < -0.4 is 17.7 Å². The van der Waals surface area contributed by atoms with Crippen LogP contribution in [0.4, 0.5) is 5.69 Å². The fourth-order valence-electron chi connectivity index (χ4n) is 5.27. The molecule has 152 valence electrons. The van der Waals surface area contributed by atoms with E-state index in [9.17, 15) is 0 Å². The maximum absolute atomic E-state index is 3.78. The second kappa shape index (κ2) is 9.33. The SMILES string of the molecule is C[N+]1(C)CCCC[C@H]1CCNc1ccccc1CC1Cc2ccccc2C1.[Cl-]. The summed E-state index contributed by atoms with van der Waals surface area (Å²) in [5, 5.41) is 3.78. The predicted octanol–water partition coefficient (Wildman–Crippen LogP) is 2.08. The van der Waals surface area contributed by atoms with Gasteiger partial charge in [0, 0.05) is 18.7 Å². The van der Waals surface area contributed by atoms with E-state index in [-0.39, 0.29) is 12.4 Å². The van der Waals surface area contributed by atoms with Crippen LogP contribution in [0, 0.1) is 5.92 Å². The summed E-state index contributed by atoms with van der Waals surface area (Å²) >= 11 is 0. The van der Waals surface area contributed by atoms with Crippen molar-refractivity contribution >= 4 is 5.69 Å². The van der Waals surface area contributed by atoms with Gasteiger partial charge in [-0.25, -0.2) is 0 Å². The normalized spacial score (nSPS) is 21.0. The van der Waals surface area contributed by atoms with Crippen molar-refractivity contribution in [1.29, 1.82) is 0 Å². The minimum Gasteiger partial charge on any atom is -1.00 e. The van der Waals surface area contributed by atoms with Gasteiger partial charge < -0.3 is 22.2 Å². The molecule has 0 amide bonds. The summed E-state index contributed by atoms with van der Waals surface area (Å²) in [4.78, 5) is 0.